The van der Waals surface area contributed by atoms with E-state index in [9.17, 15) is 18.0 Å². The van der Waals surface area contributed by atoms with Gasteiger partial charge in [-0.1, -0.05) is 30.3 Å². The van der Waals surface area contributed by atoms with E-state index in [4.69, 9.17) is 4.74 Å². The van der Waals surface area contributed by atoms with E-state index < -0.39 is 28.0 Å². The molecular weight excluding hydrogens is 430 g/mol. The lowest BCUT2D eigenvalue weighted by atomic mass is 10.0. The summed E-state index contributed by atoms with van der Waals surface area (Å²) < 4.78 is 32.7. The molecule has 8 nitrogen and oxygen atoms in total. The second kappa shape index (κ2) is 9.40. The number of benzene rings is 2. The molecule has 2 aromatic carbocycles. The third-order valence-electron chi connectivity index (χ3n) is 6.02. The summed E-state index contributed by atoms with van der Waals surface area (Å²) in [5.41, 5.74) is 2.44. The number of carbonyl (C=O) groups excluding carboxylic acids is 2. The summed E-state index contributed by atoms with van der Waals surface area (Å²) in [6.07, 6.45) is 1.27. The number of nitrogens with zero attached hydrogens (tertiary/aromatic N) is 2. The molecule has 1 saturated heterocycles. The standard InChI is InChI=1S/C23H27N3O5S/c1-25-21(23(28)24-19(16-27)13-17-5-3-2-4-6-17)15-18-14-20(26-9-11-31-12-10-26)7-8-22(18)32(25,29)30/h2-8,14,16,19,21H,9-13,15H2,1H3,(H,24,28)/t19-,21-/m0/s1. The summed E-state index contributed by atoms with van der Waals surface area (Å²) in [6, 6.07) is 13.0. The molecular formula is C23H27N3O5S. The van der Waals surface area contributed by atoms with Gasteiger partial charge in [-0.25, -0.2) is 8.42 Å². The predicted octanol–water partition coefficient (Wildman–Crippen LogP) is 0.995. The fraction of sp³-hybridized carbons (Fsp3) is 0.391. The van der Waals surface area contributed by atoms with Crippen molar-refractivity contribution in [3.05, 3.63) is 59.7 Å². The van der Waals surface area contributed by atoms with Crippen molar-refractivity contribution in [1.82, 2.24) is 9.62 Å². The van der Waals surface area contributed by atoms with Crippen LogP contribution in [0.3, 0.4) is 0 Å². The average molecular weight is 458 g/mol. The third kappa shape index (κ3) is 4.55. The summed E-state index contributed by atoms with van der Waals surface area (Å²) in [5.74, 6) is -0.480. The summed E-state index contributed by atoms with van der Waals surface area (Å²) in [5, 5.41) is 2.72. The number of rotatable bonds is 6. The number of sulfonamides is 1. The Kier molecular flexibility index (Phi) is 6.59. The predicted molar refractivity (Wildman–Crippen MR) is 120 cm³/mol. The van der Waals surface area contributed by atoms with Crippen molar-refractivity contribution in [2.75, 3.05) is 38.3 Å². The fourth-order valence-corrected chi connectivity index (χ4v) is 5.72. The molecule has 9 heteroatoms. The largest absolute Gasteiger partial charge is 0.378 e. The average Bonchev–Trinajstić information content (AvgIpc) is 2.82. The summed E-state index contributed by atoms with van der Waals surface area (Å²) in [4.78, 5) is 27.0. The molecule has 2 heterocycles. The summed E-state index contributed by atoms with van der Waals surface area (Å²) in [7, 11) is -2.41. The first-order valence-electron chi connectivity index (χ1n) is 10.6. The van der Waals surface area contributed by atoms with Crippen LogP contribution in [0, 0.1) is 0 Å². The molecule has 0 spiro atoms. The number of morpholine rings is 1. The maximum absolute atomic E-state index is 13.1. The highest BCUT2D eigenvalue weighted by Gasteiger charge is 2.40. The lowest BCUT2D eigenvalue weighted by Crippen LogP contribution is -2.54. The molecule has 1 N–H and O–H groups in total. The number of amides is 1. The lowest BCUT2D eigenvalue weighted by molar-refractivity contribution is -0.127. The molecule has 32 heavy (non-hydrogen) atoms. The molecule has 1 amide bonds. The minimum absolute atomic E-state index is 0.220. The van der Waals surface area contributed by atoms with Gasteiger partial charge in [-0.15, -0.1) is 0 Å². The van der Waals surface area contributed by atoms with Crippen LogP contribution < -0.4 is 10.2 Å². The zero-order valence-electron chi connectivity index (χ0n) is 17.9. The topological polar surface area (TPSA) is 96.0 Å². The van der Waals surface area contributed by atoms with Gasteiger partial charge < -0.3 is 19.7 Å². The van der Waals surface area contributed by atoms with E-state index >= 15 is 0 Å². The number of aldehydes is 1. The molecule has 170 valence electrons. The second-order valence-electron chi connectivity index (χ2n) is 8.07. The molecule has 2 aromatic rings. The number of nitrogens with one attached hydrogen (secondary N) is 1. The van der Waals surface area contributed by atoms with Gasteiger partial charge >= 0.3 is 0 Å². The Labute approximate surface area is 188 Å². The Morgan fingerprint density at radius 2 is 1.91 bits per heavy atom. The van der Waals surface area contributed by atoms with Gasteiger partial charge in [-0.3, -0.25) is 4.79 Å². The van der Waals surface area contributed by atoms with E-state index in [1.165, 1.54) is 7.05 Å². The van der Waals surface area contributed by atoms with Crippen molar-refractivity contribution < 1.29 is 22.7 Å². The SMILES string of the molecule is CN1[C@H](C(=O)N[C@H](C=O)Cc2ccccc2)Cc2cc(N3CCOCC3)ccc2S1(=O)=O. The fourth-order valence-electron chi connectivity index (χ4n) is 4.19. The maximum Gasteiger partial charge on any atom is 0.243 e. The monoisotopic (exact) mass is 457 g/mol. The van der Waals surface area contributed by atoms with Crippen molar-refractivity contribution >= 4 is 27.9 Å². The van der Waals surface area contributed by atoms with Gasteiger partial charge in [0.25, 0.3) is 0 Å². The normalized spacial score (nSPS) is 21.4. The van der Waals surface area contributed by atoms with Crippen LogP contribution in [0.5, 0.6) is 0 Å². The highest BCUT2D eigenvalue weighted by molar-refractivity contribution is 7.89. The number of hydrogen-bond donors (Lipinski definition) is 1. The molecule has 0 radical (unpaired) electrons. The van der Waals surface area contributed by atoms with Gasteiger partial charge in [0.1, 0.15) is 12.3 Å². The zero-order valence-corrected chi connectivity index (χ0v) is 18.8. The maximum atomic E-state index is 13.1. The van der Waals surface area contributed by atoms with Gasteiger partial charge in [-0.05, 0) is 42.2 Å². The first-order valence-corrected chi connectivity index (χ1v) is 12.1. The molecule has 0 bridgehead atoms. The van der Waals surface area contributed by atoms with Crippen LogP contribution in [-0.2, 0) is 37.2 Å². The lowest BCUT2D eigenvalue weighted by Gasteiger charge is -2.34. The highest BCUT2D eigenvalue weighted by Crippen LogP contribution is 2.32. The molecule has 0 aliphatic carbocycles. The number of hydrogen-bond acceptors (Lipinski definition) is 6. The summed E-state index contributed by atoms with van der Waals surface area (Å²) >= 11 is 0. The van der Waals surface area contributed by atoms with Crippen molar-refractivity contribution in [1.29, 1.82) is 0 Å². The molecule has 2 aliphatic heterocycles. The number of anilines is 1. The van der Waals surface area contributed by atoms with Crippen LogP contribution in [-0.4, -0.2) is 70.4 Å². The molecule has 0 unspecified atom stereocenters. The van der Waals surface area contributed by atoms with Gasteiger partial charge in [0.15, 0.2) is 0 Å². The molecule has 2 atom stereocenters. The Morgan fingerprint density at radius 1 is 1.19 bits per heavy atom. The Bertz CT molecular complexity index is 1080. The Balaban J connectivity index is 1.55. The van der Waals surface area contributed by atoms with E-state index in [1.807, 2.05) is 36.4 Å². The van der Waals surface area contributed by atoms with Gasteiger partial charge in [0, 0.05) is 25.8 Å². The van der Waals surface area contributed by atoms with Crippen LogP contribution in [0.1, 0.15) is 11.1 Å². The number of likely N-dealkylation sites (N-methyl/N-ethyl adjacent to an activating group) is 1. The number of ether oxygens (including phenoxy) is 1. The number of carbonyl (C=O) groups is 2. The van der Waals surface area contributed by atoms with Gasteiger partial charge in [0.05, 0.1) is 24.2 Å². The van der Waals surface area contributed by atoms with E-state index in [2.05, 4.69) is 10.2 Å². The minimum Gasteiger partial charge on any atom is -0.378 e. The van der Waals surface area contributed by atoms with E-state index in [1.54, 1.807) is 12.1 Å². The van der Waals surface area contributed by atoms with Crippen molar-refractivity contribution in [2.45, 2.75) is 29.8 Å². The Morgan fingerprint density at radius 3 is 2.59 bits per heavy atom. The van der Waals surface area contributed by atoms with E-state index in [0.29, 0.717) is 31.5 Å². The van der Waals surface area contributed by atoms with Crippen LogP contribution in [0.15, 0.2) is 53.4 Å². The van der Waals surface area contributed by atoms with Gasteiger partial charge in [0.2, 0.25) is 15.9 Å². The molecule has 1 fully saturated rings. The van der Waals surface area contributed by atoms with Crippen molar-refractivity contribution in [3.63, 3.8) is 0 Å². The first kappa shape index (κ1) is 22.4. The molecule has 2 aliphatic rings. The quantitative estimate of drug-likeness (QED) is 0.650. The smallest absolute Gasteiger partial charge is 0.243 e. The van der Waals surface area contributed by atoms with Crippen LogP contribution >= 0.6 is 0 Å². The first-order chi connectivity index (χ1) is 15.4. The highest BCUT2D eigenvalue weighted by atomic mass is 32.2. The molecule has 0 aromatic heterocycles. The molecule has 0 saturated carbocycles. The number of fused-ring (bicyclic) bond motifs is 1. The van der Waals surface area contributed by atoms with Gasteiger partial charge in [-0.2, -0.15) is 4.31 Å². The second-order valence-corrected chi connectivity index (χ2v) is 10.0. The van der Waals surface area contributed by atoms with E-state index in [0.717, 1.165) is 28.6 Å². The van der Waals surface area contributed by atoms with Crippen LogP contribution in [0.25, 0.3) is 0 Å². The molecule has 4 rings (SSSR count). The summed E-state index contributed by atoms with van der Waals surface area (Å²) in [6.45, 7) is 2.71. The van der Waals surface area contributed by atoms with Crippen LogP contribution in [0.4, 0.5) is 5.69 Å². The van der Waals surface area contributed by atoms with Crippen molar-refractivity contribution in [2.24, 2.45) is 0 Å². The third-order valence-corrected chi connectivity index (χ3v) is 7.99. The van der Waals surface area contributed by atoms with Crippen molar-refractivity contribution in [3.8, 4) is 0 Å². The zero-order chi connectivity index (χ0) is 22.7. The Hall–Kier alpha value is -2.75. The van der Waals surface area contributed by atoms with Crippen LogP contribution in [0.2, 0.25) is 0 Å². The minimum atomic E-state index is -3.82. The van der Waals surface area contributed by atoms with E-state index in [-0.39, 0.29) is 11.3 Å².